The van der Waals surface area contributed by atoms with Crippen molar-refractivity contribution in [3.05, 3.63) is 71.5 Å². The summed E-state index contributed by atoms with van der Waals surface area (Å²) in [5.41, 5.74) is 14.9. The first-order valence-corrected chi connectivity index (χ1v) is 16.5. The van der Waals surface area contributed by atoms with Crippen molar-refractivity contribution in [2.75, 3.05) is 20.3 Å². The van der Waals surface area contributed by atoms with Gasteiger partial charge in [-0.3, -0.25) is 15.2 Å². The second-order valence-electron chi connectivity index (χ2n) is 13.2. The van der Waals surface area contributed by atoms with Gasteiger partial charge in [-0.15, -0.1) is 0 Å². The van der Waals surface area contributed by atoms with Gasteiger partial charge in [0.25, 0.3) is 0 Å². The molecule has 1 atom stereocenters. The number of rotatable bonds is 18. The molecule has 0 radical (unpaired) electrons. The van der Waals surface area contributed by atoms with Crippen LogP contribution in [-0.4, -0.2) is 41.3 Å². The first kappa shape index (κ1) is 34.2. The van der Waals surface area contributed by atoms with Crippen LogP contribution in [0.4, 0.5) is 0 Å². The number of phenolic OH excluding ortho intramolecular Hbond substituents is 1. The number of methoxy groups -OCH3 is 1. The molecule has 0 bridgehead atoms. The zero-order valence-corrected chi connectivity index (χ0v) is 28.1. The minimum atomic E-state index is -0.0606. The summed E-state index contributed by atoms with van der Waals surface area (Å²) in [7, 11) is 1.78. The van der Waals surface area contributed by atoms with Gasteiger partial charge in [-0.1, -0.05) is 59.1 Å². The number of carbonyl (C=O) groups is 1. The molecule has 4 rings (SSSR count). The highest BCUT2D eigenvalue weighted by molar-refractivity contribution is 5.95. The lowest BCUT2D eigenvalue weighted by Crippen LogP contribution is -2.30. The van der Waals surface area contributed by atoms with Gasteiger partial charge in [-0.2, -0.15) is 0 Å². The highest BCUT2D eigenvalue weighted by atomic mass is 16.5. The van der Waals surface area contributed by atoms with Gasteiger partial charge in [-0.25, -0.2) is 5.43 Å². The Labute approximate surface area is 269 Å². The molecule has 0 aliphatic rings. The number of aromatic nitrogens is 2. The maximum Gasteiger partial charge on any atom is 0.221 e. The molecule has 2 aromatic carbocycles. The van der Waals surface area contributed by atoms with Crippen LogP contribution in [0.2, 0.25) is 0 Å². The summed E-state index contributed by atoms with van der Waals surface area (Å²) in [4.78, 5) is 15.0. The van der Waals surface area contributed by atoms with Crippen molar-refractivity contribution in [2.24, 2.45) is 11.3 Å². The van der Waals surface area contributed by atoms with Crippen molar-refractivity contribution in [2.45, 2.75) is 86.1 Å². The van der Waals surface area contributed by atoms with Gasteiger partial charge in [0.15, 0.2) is 0 Å². The van der Waals surface area contributed by atoms with Crippen LogP contribution in [0.15, 0.2) is 54.9 Å². The molecular weight excluding hydrogens is 560 g/mol. The summed E-state index contributed by atoms with van der Waals surface area (Å²) >= 11 is 0. The zero-order chi connectivity index (χ0) is 32.4. The first-order chi connectivity index (χ1) is 21.7. The average Bonchev–Trinajstić information content (AvgIpc) is 3.30. The fourth-order valence-corrected chi connectivity index (χ4v) is 6.75. The van der Waals surface area contributed by atoms with Crippen molar-refractivity contribution in [3.63, 3.8) is 0 Å². The second-order valence-corrected chi connectivity index (χ2v) is 13.2. The largest absolute Gasteiger partial charge is 0.508 e. The number of ether oxygens (including phenoxy) is 1. The number of benzene rings is 2. The lowest BCUT2D eigenvalue weighted by Gasteiger charge is -2.25. The van der Waals surface area contributed by atoms with E-state index in [0.717, 1.165) is 74.7 Å². The number of nitrogens with one attached hydrogen (secondary N) is 2. The third-order valence-corrected chi connectivity index (χ3v) is 8.67. The van der Waals surface area contributed by atoms with E-state index < -0.39 is 0 Å². The van der Waals surface area contributed by atoms with Crippen LogP contribution in [0.25, 0.3) is 33.3 Å². The lowest BCUT2D eigenvalue weighted by molar-refractivity contribution is -0.110. The van der Waals surface area contributed by atoms with Crippen molar-refractivity contribution < 1.29 is 14.6 Å². The van der Waals surface area contributed by atoms with Crippen LogP contribution < -0.4 is 10.9 Å². The maximum atomic E-state index is 10.8. The summed E-state index contributed by atoms with van der Waals surface area (Å²) in [5, 5.41) is 12.0. The van der Waals surface area contributed by atoms with E-state index in [9.17, 15) is 9.90 Å². The normalized spacial score (nSPS) is 12.5. The molecule has 2 heterocycles. The molecule has 0 aliphatic heterocycles. The molecule has 3 N–H and O–H groups in total. The highest BCUT2D eigenvalue weighted by Gasteiger charge is 2.27. The van der Waals surface area contributed by atoms with Crippen molar-refractivity contribution in [3.8, 4) is 28.1 Å². The first-order valence-electron chi connectivity index (χ1n) is 16.5. The van der Waals surface area contributed by atoms with E-state index in [2.05, 4.69) is 85.4 Å². The van der Waals surface area contributed by atoms with E-state index in [1.165, 1.54) is 33.3 Å². The SMILES string of the molecule is CCCc1ccncc1-c1c(CC(C)(C)COC)c2cc(-c3cc(O)cc(CC(C)CCCCNNC=O)c3)ccc2n1CC. The number of nitrogens with zero attached hydrogens (tertiary/aromatic N) is 2. The molecule has 0 aliphatic carbocycles. The fourth-order valence-electron chi connectivity index (χ4n) is 6.75. The summed E-state index contributed by atoms with van der Waals surface area (Å²) < 4.78 is 8.12. The molecule has 0 spiro atoms. The van der Waals surface area contributed by atoms with Gasteiger partial charge in [0.1, 0.15) is 5.75 Å². The van der Waals surface area contributed by atoms with Crippen molar-refractivity contribution >= 4 is 17.3 Å². The van der Waals surface area contributed by atoms with Crippen LogP contribution in [0, 0.1) is 11.3 Å². The summed E-state index contributed by atoms with van der Waals surface area (Å²) in [6.07, 6.45) is 11.6. The van der Waals surface area contributed by atoms with Gasteiger partial charge in [0, 0.05) is 49.1 Å². The van der Waals surface area contributed by atoms with Crippen LogP contribution >= 0.6 is 0 Å². The van der Waals surface area contributed by atoms with E-state index in [1.807, 2.05) is 24.5 Å². The van der Waals surface area contributed by atoms with Crippen molar-refractivity contribution in [1.29, 1.82) is 0 Å². The zero-order valence-electron chi connectivity index (χ0n) is 28.1. The third kappa shape index (κ3) is 8.74. The number of aryl methyl sites for hydroxylation is 2. The Morgan fingerprint density at radius 3 is 2.64 bits per heavy atom. The molecule has 4 aromatic rings. The van der Waals surface area contributed by atoms with Crippen LogP contribution in [0.5, 0.6) is 5.75 Å². The molecule has 1 amide bonds. The van der Waals surface area contributed by atoms with Crippen LogP contribution in [-0.2, 0) is 35.3 Å². The number of hydrogen-bond acceptors (Lipinski definition) is 5. The molecule has 7 nitrogen and oxygen atoms in total. The minimum absolute atomic E-state index is 0.0606. The number of amides is 1. The smallest absolute Gasteiger partial charge is 0.221 e. The average molecular weight is 613 g/mol. The fraction of sp³-hybridized carbons (Fsp3) is 0.474. The number of aromatic hydroxyl groups is 1. The monoisotopic (exact) mass is 612 g/mol. The highest BCUT2D eigenvalue weighted by Crippen LogP contribution is 2.41. The number of phenols is 1. The number of fused-ring (bicyclic) bond motifs is 1. The molecule has 242 valence electrons. The quantitative estimate of drug-likeness (QED) is 0.0605. The predicted molar refractivity (Wildman–Crippen MR) is 185 cm³/mol. The molecule has 1 unspecified atom stereocenters. The van der Waals surface area contributed by atoms with Crippen LogP contribution in [0.1, 0.15) is 77.0 Å². The van der Waals surface area contributed by atoms with E-state index in [0.29, 0.717) is 24.7 Å². The predicted octanol–water partition coefficient (Wildman–Crippen LogP) is 7.86. The number of pyridine rings is 1. The Morgan fingerprint density at radius 1 is 1.09 bits per heavy atom. The molecule has 0 saturated heterocycles. The Morgan fingerprint density at radius 2 is 1.91 bits per heavy atom. The Kier molecular flexibility index (Phi) is 12.2. The van der Waals surface area contributed by atoms with Gasteiger partial charge in [-0.05, 0) is 102 Å². The molecule has 7 heteroatoms. The molecule has 2 aromatic heterocycles. The minimum Gasteiger partial charge on any atom is -0.508 e. The topological polar surface area (TPSA) is 88.4 Å². The summed E-state index contributed by atoms with van der Waals surface area (Å²) in [6, 6.07) is 15.0. The molecule has 0 fully saturated rings. The number of carbonyl (C=O) groups excluding carboxylic acids is 1. The second kappa shape index (κ2) is 16.1. The van der Waals surface area contributed by atoms with E-state index >= 15 is 0 Å². The number of hydrogen-bond donors (Lipinski definition) is 3. The van der Waals surface area contributed by atoms with Gasteiger partial charge < -0.3 is 14.4 Å². The van der Waals surface area contributed by atoms with Crippen molar-refractivity contribution in [1.82, 2.24) is 20.4 Å². The molecule has 45 heavy (non-hydrogen) atoms. The van der Waals surface area contributed by atoms with E-state index in [-0.39, 0.29) is 5.41 Å². The molecular formula is C38H52N4O3. The van der Waals surface area contributed by atoms with Gasteiger partial charge in [0.2, 0.25) is 6.41 Å². The van der Waals surface area contributed by atoms with Gasteiger partial charge in [0.05, 0.1) is 12.3 Å². The Balaban J connectivity index is 1.75. The number of hydrazine groups is 1. The van der Waals surface area contributed by atoms with Gasteiger partial charge >= 0.3 is 0 Å². The molecule has 0 saturated carbocycles. The Hall–Kier alpha value is -3.68. The van der Waals surface area contributed by atoms with E-state index in [4.69, 9.17) is 4.74 Å². The van der Waals surface area contributed by atoms with Crippen LogP contribution in [0.3, 0.4) is 0 Å². The standard InChI is InChI=1S/C38H52N4O3/c1-7-11-29-15-17-39-24-35(29)37-34(23-38(4,5)25-45-6)33-22-30(13-14-36(33)42(37)8-2)31-19-28(20-32(44)21-31)18-27(3)12-9-10-16-40-41-26-43/h13-15,17,19-22,24,26-27,40,44H,7-12,16,18,23,25H2,1-6H3,(H,41,43). The maximum absolute atomic E-state index is 10.8. The third-order valence-electron chi connectivity index (χ3n) is 8.67. The summed E-state index contributed by atoms with van der Waals surface area (Å²) in [5.74, 6) is 0.778. The summed E-state index contributed by atoms with van der Waals surface area (Å²) in [6.45, 7) is 13.5. The number of unbranched alkanes of at least 4 members (excludes halogenated alkanes) is 1. The lowest BCUT2D eigenvalue weighted by atomic mass is 9.84. The van der Waals surface area contributed by atoms with E-state index in [1.54, 1.807) is 7.11 Å². The Bertz CT molecular complexity index is 1560.